The lowest BCUT2D eigenvalue weighted by molar-refractivity contribution is 0.339. The predicted octanol–water partition coefficient (Wildman–Crippen LogP) is 1.82. The van der Waals surface area contributed by atoms with Crippen molar-refractivity contribution < 1.29 is 0 Å². The quantitative estimate of drug-likeness (QED) is 0.533. The largest absolute Gasteiger partial charge is 0.303 e. The number of allylic oxidation sites excluding steroid dienone is 2. The maximum atomic E-state index is 2.24. The summed E-state index contributed by atoms with van der Waals surface area (Å²) < 4.78 is 0. The van der Waals surface area contributed by atoms with Crippen LogP contribution in [0.2, 0.25) is 0 Å². The van der Waals surface area contributed by atoms with E-state index in [0.29, 0.717) is 6.04 Å². The van der Waals surface area contributed by atoms with Gasteiger partial charge in [-0.2, -0.15) is 0 Å². The fourth-order valence-corrected chi connectivity index (χ4v) is 1.17. The minimum Gasteiger partial charge on any atom is -0.303 e. The van der Waals surface area contributed by atoms with Gasteiger partial charge in [0, 0.05) is 6.04 Å². The van der Waals surface area contributed by atoms with Crippen LogP contribution in [-0.2, 0) is 0 Å². The summed E-state index contributed by atoms with van der Waals surface area (Å²) in [4.78, 5) is 2.24. The van der Waals surface area contributed by atoms with Gasteiger partial charge in [-0.05, 0) is 27.4 Å². The molecule has 0 bridgehead atoms. The van der Waals surface area contributed by atoms with Crippen LogP contribution < -0.4 is 0 Å². The Balaban J connectivity index is 2.55. The van der Waals surface area contributed by atoms with Crippen molar-refractivity contribution in [1.82, 2.24) is 4.90 Å². The summed E-state index contributed by atoms with van der Waals surface area (Å²) in [6, 6.07) is 0.616. The maximum Gasteiger partial charge on any atom is 0.0312 e. The first kappa shape index (κ1) is 7.55. The standard InChI is InChI=1S/C9H15N/c1-8-5-4-6-9(7-8)10(2)3/h4-6,9H,7H2,1-3H3. The topological polar surface area (TPSA) is 3.24 Å². The average Bonchev–Trinajstić information content (AvgIpc) is 1.88. The Bertz CT molecular complexity index is 166. The monoisotopic (exact) mass is 137 g/mol. The smallest absolute Gasteiger partial charge is 0.0312 e. The Labute approximate surface area is 63.0 Å². The SMILES string of the molecule is CC1=CC=CC(N(C)C)C1. The van der Waals surface area contributed by atoms with Crippen molar-refractivity contribution in [2.45, 2.75) is 19.4 Å². The van der Waals surface area contributed by atoms with Gasteiger partial charge in [0.2, 0.25) is 0 Å². The molecule has 1 aliphatic rings. The first-order chi connectivity index (χ1) is 4.70. The van der Waals surface area contributed by atoms with Crippen LogP contribution in [-0.4, -0.2) is 25.0 Å². The van der Waals surface area contributed by atoms with E-state index in [2.05, 4.69) is 44.1 Å². The first-order valence-electron chi connectivity index (χ1n) is 3.70. The van der Waals surface area contributed by atoms with E-state index in [4.69, 9.17) is 0 Å². The first-order valence-corrected chi connectivity index (χ1v) is 3.70. The molecule has 0 N–H and O–H groups in total. The number of likely N-dealkylation sites (N-methyl/N-ethyl adjacent to an activating group) is 1. The van der Waals surface area contributed by atoms with E-state index in [1.165, 1.54) is 12.0 Å². The summed E-state index contributed by atoms with van der Waals surface area (Å²) >= 11 is 0. The van der Waals surface area contributed by atoms with E-state index < -0.39 is 0 Å². The highest BCUT2D eigenvalue weighted by Crippen LogP contribution is 2.14. The van der Waals surface area contributed by atoms with Crippen LogP contribution in [0.25, 0.3) is 0 Å². The zero-order valence-electron chi connectivity index (χ0n) is 6.96. The summed E-state index contributed by atoms with van der Waals surface area (Å²) in [7, 11) is 4.24. The molecule has 0 aliphatic heterocycles. The Morgan fingerprint density at radius 1 is 1.50 bits per heavy atom. The van der Waals surface area contributed by atoms with Crippen LogP contribution in [0, 0.1) is 0 Å². The highest BCUT2D eigenvalue weighted by Gasteiger charge is 2.09. The molecular weight excluding hydrogens is 122 g/mol. The minimum absolute atomic E-state index is 0.616. The van der Waals surface area contributed by atoms with Gasteiger partial charge < -0.3 is 4.90 Å². The zero-order valence-corrected chi connectivity index (χ0v) is 6.96. The van der Waals surface area contributed by atoms with Gasteiger partial charge in [-0.1, -0.05) is 23.8 Å². The van der Waals surface area contributed by atoms with Gasteiger partial charge in [-0.25, -0.2) is 0 Å². The van der Waals surface area contributed by atoms with Crippen molar-refractivity contribution in [2.24, 2.45) is 0 Å². The van der Waals surface area contributed by atoms with Gasteiger partial charge in [-0.15, -0.1) is 0 Å². The van der Waals surface area contributed by atoms with Crippen molar-refractivity contribution in [3.63, 3.8) is 0 Å². The molecule has 56 valence electrons. The number of rotatable bonds is 1. The second-order valence-corrected chi connectivity index (χ2v) is 3.13. The molecule has 0 saturated heterocycles. The molecule has 1 atom stereocenters. The average molecular weight is 137 g/mol. The van der Waals surface area contributed by atoms with Crippen LogP contribution in [0.1, 0.15) is 13.3 Å². The molecule has 1 unspecified atom stereocenters. The molecule has 0 aromatic heterocycles. The lowest BCUT2D eigenvalue weighted by atomic mass is 10.0. The van der Waals surface area contributed by atoms with Crippen LogP contribution in [0.3, 0.4) is 0 Å². The van der Waals surface area contributed by atoms with Crippen LogP contribution in [0.15, 0.2) is 23.8 Å². The van der Waals surface area contributed by atoms with E-state index in [1.807, 2.05) is 0 Å². The maximum absolute atomic E-state index is 2.24. The summed E-state index contributed by atoms with van der Waals surface area (Å²) in [5, 5.41) is 0. The second kappa shape index (κ2) is 3.02. The van der Waals surface area contributed by atoms with E-state index >= 15 is 0 Å². The Kier molecular flexibility index (Phi) is 2.28. The van der Waals surface area contributed by atoms with Crippen molar-refractivity contribution >= 4 is 0 Å². The van der Waals surface area contributed by atoms with E-state index in [1.54, 1.807) is 0 Å². The van der Waals surface area contributed by atoms with Gasteiger partial charge in [0.25, 0.3) is 0 Å². The molecule has 1 nitrogen and oxygen atoms in total. The zero-order chi connectivity index (χ0) is 7.56. The van der Waals surface area contributed by atoms with E-state index in [-0.39, 0.29) is 0 Å². The minimum atomic E-state index is 0.616. The Morgan fingerprint density at radius 2 is 2.20 bits per heavy atom. The van der Waals surface area contributed by atoms with Crippen molar-refractivity contribution in [1.29, 1.82) is 0 Å². The van der Waals surface area contributed by atoms with Crippen LogP contribution in [0.4, 0.5) is 0 Å². The summed E-state index contributed by atoms with van der Waals surface area (Å²) in [5.74, 6) is 0. The van der Waals surface area contributed by atoms with E-state index in [9.17, 15) is 0 Å². The molecule has 0 heterocycles. The lowest BCUT2D eigenvalue weighted by Gasteiger charge is -2.23. The Morgan fingerprint density at radius 3 is 2.60 bits per heavy atom. The van der Waals surface area contributed by atoms with Crippen molar-refractivity contribution in [3.05, 3.63) is 23.8 Å². The third-order valence-corrected chi connectivity index (χ3v) is 1.91. The van der Waals surface area contributed by atoms with Gasteiger partial charge in [-0.3, -0.25) is 0 Å². The molecule has 0 saturated carbocycles. The van der Waals surface area contributed by atoms with Crippen molar-refractivity contribution in [3.8, 4) is 0 Å². The molecule has 0 amide bonds. The predicted molar refractivity (Wildman–Crippen MR) is 45.0 cm³/mol. The fraction of sp³-hybridized carbons (Fsp3) is 0.556. The van der Waals surface area contributed by atoms with Gasteiger partial charge in [0.15, 0.2) is 0 Å². The Hall–Kier alpha value is -0.560. The number of hydrogen-bond donors (Lipinski definition) is 0. The highest BCUT2D eigenvalue weighted by molar-refractivity contribution is 5.20. The number of hydrogen-bond acceptors (Lipinski definition) is 1. The molecule has 1 heteroatoms. The molecule has 0 radical (unpaired) electrons. The van der Waals surface area contributed by atoms with E-state index in [0.717, 1.165) is 0 Å². The molecule has 0 aromatic rings. The summed E-state index contributed by atoms with van der Waals surface area (Å²) in [5.41, 5.74) is 1.47. The van der Waals surface area contributed by atoms with Gasteiger partial charge >= 0.3 is 0 Å². The van der Waals surface area contributed by atoms with Crippen LogP contribution >= 0.6 is 0 Å². The third kappa shape index (κ3) is 1.71. The molecule has 10 heavy (non-hydrogen) atoms. The molecule has 0 aromatic carbocycles. The normalized spacial score (nSPS) is 25.2. The third-order valence-electron chi connectivity index (χ3n) is 1.91. The molecule has 1 aliphatic carbocycles. The second-order valence-electron chi connectivity index (χ2n) is 3.13. The lowest BCUT2D eigenvalue weighted by Crippen LogP contribution is -2.26. The molecule has 0 fully saturated rings. The van der Waals surface area contributed by atoms with Crippen molar-refractivity contribution in [2.75, 3.05) is 14.1 Å². The molecule has 0 spiro atoms. The fourth-order valence-electron chi connectivity index (χ4n) is 1.17. The summed E-state index contributed by atoms with van der Waals surface area (Å²) in [6.45, 7) is 2.18. The van der Waals surface area contributed by atoms with Crippen LogP contribution in [0.5, 0.6) is 0 Å². The highest BCUT2D eigenvalue weighted by atomic mass is 15.1. The number of nitrogens with zero attached hydrogens (tertiary/aromatic N) is 1. The molecular formula is C9H15N. The molecule has 1 rings (SSSR count). The summed E-state index contributed by atoms with van der Waals surface area (Å²) in [6.07, 6.45) is 7.75. The van der Waals surface area contributed by atoms with Gasteiger partial charge in [0.05, 0.1) is 0 Å². The van der Waals surface area contributed by atoms with Gasteiger partial charge in [0.1, 0.15) is 0 Å².